The van der Waals surface area contributed by atoms with Gasteiger partial charge in [-0.2, -0.15) is 0 Å². The van der Waals surface area contributed by atoms with Crippen LogP contribution in [0.2, 0.25) is 0 Å². The maximum Gasteiger partial charge on any atom is 0.141 e. The Morgan fingerprint density at radius 1 is 1.00 bits per heavy atom. The molecule has 0 aliphatic rings. The second kappa shape index (κ2) is 8.34. The molecule has 0 saturated heterocycles. The number of nitrogens with zero attached hydrogens (tertiary/aromatic N) is 2. The highest BCUT2D eigenvalue weighted by Crippen LogP contribution is 2.23. The summed E-state index contributed by atoms with van der Waals surface area (Å²) < 4.78 is 0. The van der Waals surface area contributed by atoms with E-state index in [4.69, 9.17) is 0 Å². The van der Waals surface area contributed by atoms with Crippen molar-refractivity contribution in [1.82, 2.24) is 9.97 Å². The highest BCUT2D eigenvalue weighted by atomic mass is 16.3. The molecule has 0 spiro atoms. The van der Waals surface area contributed by atoms with Crippen molar-refractivity contribution in [2.45, 2.75) is 13.8 Å². The smallest absolute Gasteiger partial charge is 0.141 e. The lowest BCUT2D eigenvalue weighted by molar-refractivity contribution is 0.479. The predicted molar refractivity (Wildman–Crippen MR) is 87.0 cm³/mol. The quantitative estimate of drug-likeness (QED) is 0.635. The zero-order valence-electron chi connectivity index (χ0n) is 12.2. The molecule has 0 radical (unpaired) electrons. The van der Waals surface area contributed by atoms with Gasteiger partial charge in [0.25, 0.3) is 0 Å². The number of aromatic nitrogens is 2. The lowest BCUT2D eigenvalue weighted by atomic mass is 10.1. The fraction of sp³-hybridized carbons (Fsp3) is 0.111. The van der Waals surface area contributed by atoms with E-state index in [1.807, 2.05) is 50.2 Å². The first kappa shape index (κ1) is 16.2. The summed E-state index contributed by atoms with van der Waals surface area (Å²) in [7, 11) is 0. The average Bonchev–Trinajstić information content (AvgIpc) is 2.51. The third kappa shape index (κ3) is 4.96. The van der Waals surface area contributed by atoms with Crippen LogP contribution in [0.5, 0.6) is 5.75 Å². The molecule has 1 aromatic carbocycles. The number of aryl methyl sites for hydroxylation is 2. The van der Waals surface area contributed by atoms with Crippen molar-refractivity contribution in [3.63, 3.8) is 0 Å². The van der Waals surface area contributed by atoms with Gasteiger partial charge >= 0.3 is 0 Å². The van der Waals surface area contributed by atoms with Gasteiger partial charge in [-0.15, -0.1) is 12.8 Å². The number of pyridine rings is 2. The lowest BCUT2D eigenvalue weighted by Gasteiger charge is -1.99. The monoisotopic (exact) mass is 278 g/mol. The summed E-state index contributed by atoms with van der Waals surface area (Å²) in [5.41, 5.74) is 2.25. The molecule has 0 amide bonds. The Hall–Kier alpha value is -2.86. The van der Waals surface area contributed by atoms with E-state index >= 15 is 0 Å². The minimum atomic E-state index is 0.243. The Balaban J connectivity index is 0.000000210. The maximum atomic E-state index is 9.40. The largest absolute Gasteiger partial charge is 0.506 e. The number of terminal acetylenes is 1. The van der Waals surface area contributed by atoms with Gasteiger partial charge in [-0.05, 0) is 32.0 Å². The second-order valence-corrected chi connectivity index (χ2v) is 4.35. The summed E-state index contributed by atoms with van der Waals surface area (Å²) in [6, 6.07) is 11.7. The van der Waals surface area contributed by atoms with Crippen molar-refractivity contribution >= 4 is 10.8 Å². The molecular weight excluding hydrogens is 260 g/mol. The topological polar surface area (TPSA) is 46.0 Å². The van der Waals surface area contributed by atoms with E-state index in [-0.39, 0.29) is 5.75 Å². The van der Waals surface area contributed by atoms with Crippen LogP contribution in [0, 0.1) is 26.7 Å². The Labute approximate surface area is 125 Å². The molecule has 0 aliphatic carbocycles. The van der Waals surface area contributed by atoms with Crippen LogP contribution in [-0.2, 0) is 0 Å². The van der Waals surface area contributed by atoms with Crippen molar-refractivity contribution in [3.05, 3.63) is 66.2 Å². The summed E-state index contributed by atoms with van der Waals surface area (Å²) in [5.74, 6) is 0.243. The molecule has 1 N–H and O–H groups in total. The fourth-order valence-electron chi connectivity index (χ4n) is 1.73. The van der Waals surface area contributed by atoms with Crippen molar-refractivity contribution < 1.29 is 5.11 Å². The number of fused-ring (bicyclic) bond motifs is 1. The molecule has 106 valence electrons. The molecule has 3 aromatic rings. The van der Waals surface area contributed by atoms with Crippen LogP contribution in [0.3, 0.4) is 0 Å². The zero-order chi connectivity index (χ0) is 15.7. The average molecular weight is 278 g/mol. The Kier molecular flexibility index (Phi) is 6.43. The molecule has 21 heavy (non-hydrogen) atoms. The molecule has 2 heterocycles. The molecular formula is C18H18N2O. The molecule has 0 unspecified atom stereocenters. The van der Waals surface area contributed by atoms with Crippen molar-refractivity contribution in [2.24, 2.45) is 0 Å². The molecule has 3 rings (SSSR count). The highest BCUT2D eigenvalue weighted by Gasteiger charge is 1.98. The van der Waals surface area contributed by atoms with Gasteiger partial charge in [0.2, 0.25) is 0 Å². The van der Waals surface area contributed by atoms with Gasteiger partial charge in [0.1, 0.15) is 5.75 Å². The van der Waals surface area contributed by atoms with Crippen molar-refractivity contribution in [2.75, 3.05) is 0 Å². The Morgan fingerprint density at radius 3 is 2.33 bits per heavy atom. The molecule has 0 saturated carbocycles. The van der Waals surface area contributed by atoms with E-state index in [1.165, 1.54) is 11.8 Å². The second-order valence-electron chi connectivity index (χ2n) is 4.35. The molecule has 0 aliphatic heterocycles. The minimum Gasteiger partial charge on any atom is -0.506 e. The Bertz CT molecular complexity index is 706. The van der Waals surface area contributed by atoms with Gasteiger partial charge in [-0.1, -0.05) is 23.8 Å². The number of rotatable bonds is 0. The molecule has 0 bridgehead atoms. The van der Waals surface area contributed by atoms with Gasteiger partial charge in [-0.3, -0.25) is 9.97 Å². The summed E-state index contributed by atoms with van der Waals surface area (Å²) >= 11 is 0. The van der Waals surface area contributed by atoms with E-state index < -0.39 is 0 Å². The number of aromatic hydroxyl groups is 1. The first-order valence-electron chi connectivity index (χ1n) is 6.41. The third-order valence-corrected chi connectivity index (χ3v) is 2.71. The lowest BCUT2D eigenvalue weighted by Crippen LogP contribution is -1.78. The van der Waals surface area contributed by atoms with E-state index in [2.05, 4.69) is 22.8 Å². The number of hydrogen-bond donors (Lipinski definition) is 1. The van der Waals surface area contributed by atoms with Crippen LogP contribution in [0.25, 0.3) is 10.8 Å². The van der Waals surface area contributed by atoms with E-state index in [0.29, 0.717) is 0 Å². The van der Waals surface area contributed by atoms with Crippen molar-refractivity contribution in [1.29, 1.82) is 0 Å². The van der Waals surface area contributed by atoms with Crippen LogP contribution >= 0.6 is 0 Å². The van der Waals surface area contributed by atoms with Gasteiger partial charge in [0.05, 0.1) is 6.20 Å². The summed E-state index contributed by atoms with van der Waals surface area (Å²) in [5, 5.41) is 11.2. The predicted octanol–water partition coefficient (Wildman–Crippen LogP) is 3.89. The SMILES string of the molecule is C#C.Cc1ccc2c(O)cncc2c1.Cc1ccccn1. The fourth-order valence-corrected chi connectivity index (χ4v) is 1.73. The van der Waals surface area contributed by atoms with Crippen LogP contribution in [0.1, 0.15) is 11.3 Å². The number of benzene rings is 1. The summed E-state index contributed by atoms with van der Waals surface area (Å²) in [6.07, 6.45) is 13.0. The van der Waals surface area contributed by atoms with Gasteiger partial charge in [0, 0.05) is 28.9 Å². The van der Waals surface area contributed by atoms with E-state index in [9.17, 15) is 5.11 Å². The molecule has 0 atom stereocenters. The first-order chi connectivity index (χ1) is 10.2. The van der Waals surface area contributed by atoms with Crippen LogP contribution in [0.15, 0.2) is 55.0 Å². The minimum absolute atomic E-state index is 0.243. The van der Waals surface area contributed by atoms with E-state index in [0.717, 1.165) is 16.5 Å². The highest BCUT2D eigenvalue weighted by molar-refractivity contribution is 5.87. The summed E-state index contributed by atoms with van der Waals surface area (Å²) in [6.45, 7) is 3.99. The van der Waals surface area contributed by atoms with Crippen LogP contribution in [-0.4, -0.2) is 15.1 Å². The van der Waals surface area contributed by atoms with Gasteiger partial charge in [-0.25, -0.2) is 0 Å². The standard InChI is InChI=1S/C10H9NO.C6H7N.C2H2/c1-7-2-3-9-8(4-7)5-11-6-10(9)12;1-6-4-2-3-5-7-6;1-2/h2-6,12H,1H3;2-5H,1H3;1-2H. The zero-order valence-corrected chi connectivity index (χ0v) is 12.2. The van der Waals surface area contributed by atoms with E-state index in [1.54, 1.807) is 12.4 Å². The molecule has 3 heteroatoms. The summed E-state index contributed by atoms with van der Waals surface area (Å²) in [4.78, 5) is 7.88. The third-order valence-electron chi connectivity index (χ3n) is 2.71. The molecule has 3 nitrogen and oxygen atoms in total. The van der Waals surface area contributed by atoms with Crippen LogP contribution in [0.4, 0.5) is 0 Å². The Morgan fingerprint density at radius 2 is 1.76 bits per heavy atom. The first-order valence-corrected chi connectivity index (χ1v) is 6.41. The molecule has 2 aromatic heterocycles. The van der Waals surface area contributed by atoms with Crippen LogP contribution < -0.4 is 0 Å². The normalized spacial score (nSPS) is 8.95. The molecule has 0 fully saturated rings. The number of hydrogen-bond acceptors (Lipinski definition) is 3. The van der Waals surface area contributed by atoms with Gasteiger partial charge in [0.15, 0.2) is 0 Å². The maximum absolute atomic E-state index is 9.40. The van der Waals surface area contributed by atoms with Gasteiger partial charge < -0.3 is 5.11 Å². The van der Waals surface area contributed by atoms with Crippen molar-refractivity contribution in [3.8, 4) is 18.6 Å².